The first-order valence-corrected chi connectivity index (χ1v) is 12.0. The molecule has 0 unspecified atom stereocenters. The Bertz CT molecular complexity index is 910. The van der Waals surface area contributed by atoms with Crippen LogP contribution in [-0.4, -0.2) is 0 Å². The SMILES string of the molecule is C=C(CC)[C@@H](CC)[C@H](NP(=O)(c1ccccc1)c1ccccc1)c1ccccc1. The van der Waals surface area contributed by atoms with Gasteiger partial charge < -0.3 is 0 Å². The minimum absolute atomic E-state index is 0.0834. The van der Waals surface area contributed by atoms with Gasteiger partial charge in [-0.15, -0.1) is 0 Å². The van der Waals surface area contributed by atoms with Crippen LogP contribution in [0.25, 0.3) is 0 Å². The molecule has 0 aliphatic carbocycles. The third-order valence-electron chi connectivity index (χ3n) is 5.54. The third-order valence-corrected chi connectivity index (χ3v) is 8.23. The Labute approximate surface area is 175 Å². The van der Waals surface area contributed by atoms with Crippen molar-refractivity contribution in [2.24, 2.45) is 5.92 Å². The summed E-state index contributed by atoms with van der Waals surface area (Å²) in [5, 5.41) is 5.29. The lowest BCUT2D eigenvalue weighted by Gasteiger charge is -2.33. The Morgan fingerprint density at radius 3 is 1.69 bits per heavy atom. The minimum atomic E-state index is -3.05. The molecule has 1 N–H and O–H groups in total. The lowest BCUT2D eigenvalue weighted by molar-refractivity contribution is 0.438. The van der Waals surface area contributed by atoms with Gasteiger partial charge in [-0.2, -0.15) is 0 Å². The molecule has 0 aliphatic heterocycles. The van der Waals surface area contributed by atoms with E-state index in [4.69, 9.17) is 0 Å². The van der Waals surface area contributed by atoms with Crippen molar-refractivity contribution in [2.45, 2.75) is 32.7 Å². The maximum atomic E-state index is 14.6. The highest BCUT2D eigenvalue weighted by atomic mass is 31.2. The van der Waals surface area contributed by atoms with Crippen LogP contribution in [0.1, 0.15) is 38.3 Å². The lowest BCUT2D eigenvalue weighted by atomic mass is 9.85. The fourth-order valence-corrected chi connectivity index (χ4v) is 6.35. The van der Waals surface area contributed by atoms with Gasteiger partial charge in [0.05, 0.1) is 0 Å². The monoisotopic (exact) mass is 403 g/mol. The largest absolute Gasteiger partial charge is 0.297 e. The van der Waals surface area contributed by atoms with E-state index in [1.54, 1.807) is 0 Å². The van der Waals surface area contributed by atoms with E-state index in [0.29, 0.717) is 0 Å². The van der Waals surface area contributed by atoms with Crippen molar-refractivity contribution < 1.29 is 4.57 Å². The molecular weight excluding hydrogens is 373 g/mol. The van der Waals surface area contributed by atoms with Crippen LogP contribution in [0.3, 0.4) is 0 Å². The van der Waals surface area contributed by atoms with Crippen LogP contribution in [-0.2, 0) is 4.57 Å². The van der Waals surface area contributed by atoms with E-state index in [1.807, 2.05) is 78.9 Å². The summed E-state index contributed by atoms with van der Waals surface area (Å²) < 4.78 is 14.6. The Morgan fingerprint density at radius 1 is 0.828 bits per heavy atom. The fourth-order valence-electron chi connectivity index (χ4n) is 3.85. The van der Waals surface area contributed by atoms with Gasteiger partial charge in [0.25, 0.3) is 0 Å². The lowest BCUT2D eigenvalue weighted by Crippen LogP contribution is -2.34. The zero-order valence-corrected chi connectivity index (χ0v) is 18.2. The molecule has 0 amide bonds. The molecule has 0 heterocycles. The normalized spacial score (nSPS) is 13.6. The highest BCUT2D eigenvalue weighted by molar-refractivity contribution is 7.76. The van der Waals surface area contributed by atoms with Crippen LogP contribution in [0.5, 0.6) is 0 Å². The Kier molecular flexibility index (Phi) is 7.25. The van der Waals surface area contributed by atoms with Gasteiger partial charge >= 0.3 is 0 Å². The second-order valence-electron chi connectivity index (χ2n) is 7.32. The van der Waals surface area contributed by atoms with E-state index < -0.39 is 7.29 Å². The van der Waals surface area contributed by atoms with Crippen LogP contribution >= 0.6 is 7.29 Å². The number of benzene rings is 3. The molecule has 0 saturated carbocycles. The summed E-state index contributed by atoms with van der Waals surface area (Å²) in [5.41, 5.74) is 2.32. The summed E-state index contributed by atoms with van der Waals surface area (Å²) in [7, 11) is -3.05. The predicted octanol–water partition coefficient (Wildman–Crippen LogP) is 6.24. The molecule has 0 fully saturated rings. The van der Waals surface area contributed by atoms with Crippen molar-refractivity contribution in [2.75, 3.05) is 0 Å². The summed E-state index contributed by atoms with van der Waals surface area (Å²) in [4.78, 5) is 0. The van der Waals surface area contributed by atoms with Crippen LogP contribution in [0.4, 0.5) is 0 Å². The smallest absolute Gasteiger partial charge is 0.205 e. The molecule has 3 aromatic carbocycles. The standard InChI is InChI=1S/C26H30NOP/c1-4-21(3)25(5-2)26(22-15-9-6-10-16-22)27-29(28,23-17-11-7-12-18-23)24-19-13-8-14-20-24/h6-20,25-26H,3-5H2,1-2H3,(H,27,28)/t25-,26-/m1/s1. The first-order valence-electron chi connectivity index (χ1n) is 10.3. The molecule has 150 valence electrons. The predicted molar refractivity (Wildman–Crippen MR) is 125 cm³/mol. The molecule has 0 aliphatic rings. The molecule has 29 heavy (non-hydrogen) atoms. The third kappa shape index (κ3) is 4.78. The van der Waals surface area contributed by atoms with E-state index in [9.17, 15) is 4.57 Å². The number of nitrogens with one attached hydrogen (secondary N) is 1. The molecule has 0 aromatic heterocycles. The first kappa shape index (κ1) is 21.3. The van der Waals surface area contributed by atoms with Gasteiger partial charge in [-0.25, -0.2) is 0 Å². The molecule has 3 aromatic rings. The van der Waals surface area contributed by atoms with Crippen molar-refractivity contribution in [3.63, 3.8) is 0 Å². The second kappa shape index (κ2) is 9.87. The molecule has 3 rings (SSSR count). The van der Waals surface area contributed by atoms with Gasteiger partial charge in [0.2, 0.25) is 7.29 Å². The maximum Gasteiger partial charge on any atom is 0.205 e. The summed E-state index contributed by atoms with van der Waals surface area (Å²) in [6.45, 7) is 8.66. The molecule has 0 radical (unpaired) electrons. The van der Waals surface area contributed by atoms with Gasteiger partial charge in [0, 0.05) is 16.7 Å². The van der Waals surface area contributed by atoms with Crippen LogP contribution in [0, 0.1) is 5.92 Å². The average molecular weight is 404 g/mol. The van der Waals surface area contributed by atoms with E-state index in [-0.39, 0.29) is 12.0 Å². The van der Waals surface area contributed by atoms with Crippen LogP contribution in [0.2, 0.25) is 0 Å². The number of hydrogen-bond acceptors (Lipinski definition) is 1. The highest BCUT2D eigenvalue weighted by Gasteiger charge is 2.34. The van der Waals surface area contributed by atoms with Gasteiger partial charge in [-0.05, 0) is 48.6 Å². The van der Waals surface area contributed by atoms with Gasteiger partial charge in [0.15, 0.2) is 0 Å². The van der Waals surface area contributed by atoms with E-state index in [1.165, 1.54) is 5.57 Å². The van der Waals surface area contributed by atoms with Gasteiger partial charge in [0.1, 0.15) is 0 Å². The second-order valence-corrected chi connectivity index (χ2v) is 9.83. The topological polar surface area (TPSA) is 29.1 Å². The van der Waals surface area contributed by atoms with E-state index in [0.717, 1.165) is 29.0 Å². The number of rotatable bonds is 9. The Hall–Kier alpha value is -2.41. The maximum absolute atomic E-state index is 14.6. The van der Waals surface area contributed by atoms with Crippen LogP contribution < -0.4 is 15.7 Å². The molecule has 0 spiro atoms. The van der Waals surface area contributed by atoms with Crippen molar-refractivity contribution >= 4 is 17.9 Å². The minimum Gasteiger partial charge on any atom is -0.297 e. The van der Waals surface area contributed by atoms with Crippen molar-refractivity contribution in [3.05, 3.63) is 109 Å². The summed E-state index contributed by atoms with van der Waals surface area (Å²) in [6.07, 6.45) is 1.84. The average Bonchev–Trinajstić information content (AvgIpc) is 2.80. The van der Waals surface area contributed by atoms with Crippen molar-refractivity contribution in [1.29, 1.82) is 0 Å². The molecule has 0 saturated heterocycles. The summed E-state index contributed by atoms with van der Waals surface area (Å²) in [6, 6.07) is 29.8. The van der Waals surface area contributed by atoms with Gasteiger partial charge in [-0.3, -0.25) is 9.65 Å². The first-order chi connectivity index (χ1) is 14.1. The zero-order valence-electron chi connectivity index (χ0n) is 17.3. The van der Waals surface area contributed by atoms with Crippen molar-refractivity contribution in [1.82, 2.24) is 5.09 Å². The zero-order chi connectivity index (χ0) is 20.7. The summed E-state index contributed by atoms with van der Waals surface area (Å²) >= 11 is 0. The Morgan fingerprint density at radius 2 is 1.28 bits per heavy atom. The molecular formula is C26H30NOP. The van der Waals surface area contributed by atoms with E-state index in [2.05, 4.69) is 37.6 Å². The highest BCUT2D eigenvalue weighted by Crippen LogP contribution is 2.45. The molecule has 3 heteroatoms. The van der Waals surface area contributed by atoms with E-state index >= 15 is 0 Å². The molecule has 2 atom stereocenters. The molecule has 2 nitrogen and oxygen atoms in total. The van der Waals surface area contributed by atoms with Crippen LogP contribution in [0.15, 0.2) is 103 Å². The van der Waals surface area contributed by atoms with Gasteiger partial charge in [-0.1, -0.05) is 92.7 Å². The quantitative estimate of drug-likeness (QED) is 0.338. The summed E-state index contributed by atoms with van der Waals surface area (Å²) in [5.74, 6) is 0.197. The fraction of sp³-hybridized carbons (Fsp3) is 0.231. The Balaban J connectivity index is 2.13. The molecule has 0 bridgehead atoms. The number of hydrogen-bond donors (Lipinski definition) is 1. The van der Waals surface area contributed by atoms with Crippen molar-refractivity contribution in [3.8, 4) is 0 Å².